The van der Waals surface area contributed by atoms with E-state index < -0.39 is 5.97 Å². The number of carbonyl (C=O) groups is 1. The van der Waals surface area contributed by atoms with E-state index in [0.717, 1.165) is 37.2 Å². The van der Waals surface area contributed by atoms with Crippen molar-refractivity contribution in [1.82, 2.24) is 0 Å². The van der Waals surface area contributed by atoms with Gasteiger partial charge in [0.25, 0.3) is 0 Å². The predicted octanol–water partition coefficient (Wildman–Crippen LogP) is 2.56. The van der Waals surface area contributed by atoms with Crippen molar-refractivity contribution in [2.45, 2.75) is 26.2 Å². The molecule has 1 N–H and O–H groups in total. The second kappa shape index (κ2) is 5.75. The molecule has 100 valence electrons. The van der Waals surface area contributed by atoms with Gasteiger partial charge in [0, 0.05) is 19.5 Å². The van der Waals surface area contributed by atoms with Gasteiger partial charge in [-0.2, -0.15) is 5.26 Å². The number of carboxylic acid groups (broad SMARTS) is 1. The number of aliphatic carboxylic acids is 1. The number of nitriles is 1. The molecule has 1 atom stereocenters. The van der Waals surface area contributed by atoms with Crippen LogP contribution in [-0.2, 0) is 4.79 Å². The van der Waals surface area contributed by atoms with E-state index in [1.54, 1.807) is 0 Å². The Labute approximate surface area is 113 Å². The summed E-state index contributed by atoms with van der Waals surface area (Å²) in [5.41, 5.74) is 2.83. The molecular formula is C15H18N2O2. The minimum Gasteiger partial charge on any atom is -0.481 e. The number of nitrogens with zero attached hydrogens (tertiary/aromatic N) is 2. The SMILES string of the molecule is Cc1ccc(C#N)c(N2CCC(CCC(=O)O)C2)c1. The van der Waals surface area contributed by atoms with Gasteiger partial charge in [-0.05, 0) is 43.4 Å². The quantitative estimate of drug-likeness (QED) is 0.901. The van der Waals surface area contributed by atoms with Crippen molar-refractivity contribution >= 4 is 11.7 Å². The largest absolute Gasteiger partial charge is 0.481 e. The first-order valence-electron chi connectivity index (χ1n) is 6.57. The van der Waals surface area contributed by atoms with Crippen LogP contribution in [0, 0.1) is 24.2 Å². The molecule has 1 aromatic rings. The topological polar surface area (TPSA) is 64.3 Å². The van der Waals surface area contributed by atoms with Crippen LogP contribution in [0.2, 0.25) is 0 Å². The van der Waals surface area contributed by atoms with Crippen LogP contribution in [0.5, 0.6) is 0 Å². The normalized spacial score (nSPS) is 18.3. The van der Waals surface area contributed by atoms with Gasteiger partial charge < -0.3 is 10.0 Å². The van der Waals surface area contributed by atoms with E-state index in [9.17, 15) is 4.79 Å². The van der Waals surface area contributed by atoms with E-state index in [0.29, 0.717) is 11.5 Å². The fraction of sp³-hybridized carbons (Fsp3) is 0.467. The highest BCUT2D eigenvalue weighted by molar-refractivity contribution is 5.66. The molecule has 1 aliphatic heterocycles. The fourth-order valence-corrected chi connectivity index (χ4v) is 2.61. The average Bonchev–Trinajstić information content (AvgIpc) is 2.85. The van der Waals surface area contributed by atoms with Crippen LogP contribution in [0.1, 0.15) is 30.4 Å². The molecule has 0 spiro atoms. The number of rotatable bonds is 4. The van der Waals surface area contributed by atoms with Crippen LogP contribution in [-0.4, -0.2) is 24.2 Å². The summed E-state index contributed by atoms with van der Waals surface area (Å²) in [7, 11) is 0. The first-order chi connectivity index (χ1) is 9.10. The molecule has 1 heterocycles. The highest BCUT2D eigenvalue weighted by Crippen LogP contribution is 2.29. The monoisotopic (exact) mass is 258 g/mol. The van der Waals surface area contributed by atoms with Crippen molar-refractivity contribution in [2.75, 3.05) is 18.0 Å². The minimum atomic E-state index is -0.730. The number of aryl methyl sites for hydroxylation is 1. The molecule has 4 heteroatoms. The third-order valence-corrected chi connectivity index (χ3v) is 3.67. The molecule has 1 fully saturated rings. The molecule has 19 heavy (non-hydrogen) atoms. The molecule has 0 aromatic heterocycles. The molecule has 0 saturated carbocycles. The lowest BCUT2D eigenvalue weighted by molar-refractivity contribution is -0.137. The lowest BCUT2D eigenvalue weighted by Gasteiger charge is -2.20. The van der Waals surface area contributed by atoms with Gasteiger partial charge in [-0.15, -0.1) is 0 Å². The van der Waals surface area contributed by atoms with Crippen LogP contribution in [0.3, 0.4) is 0 Å². The summed E-state index contributed by atoms with van der Waals surface area (Å²) in [5.74, 6) is -0.310. The van der Waals surface area contributed by atoms with E-state index in [2.05, 4.69) is 11.0 Å². The molecule has 1 aliphatic rings. The number of benzene rings is 1. The van der Waals surface area contributed by atoms with Gasteiger partial charge in [0.05, 0.1) is 11.3 Å². The van der Waals surface area contributed by atoms with Crippen molar-refractivity contribution in [1.29, 1.82) is 5.26 Å². The summed E-state index contributed by atoms with van der Waals surface area (Å²) in [6.45, 7) is 3.77. The summed E-state index contributed by atoms with van der Waals surface area (Å²) >= 11 is 0. The summed E-state index contributed by atoms with van der Waals surface area (Å²) in [6.07, 6.45) is 1.96. The van der Waals surface area contributed by atoms with Gasteiger partial charge in [0.1, 0.15) is 6.07 Å². The summed E-state index contributed by atoms with van der Waals surface area (Å²) in [4.78, 5) is 12.8. The maximum absolute atomic E-state index is 10.6. The van der Waals surface area contributed by atoms with Gasteiger partial charge in [-0.25, -0.2) is 0 Å². The minimum absolute atomic E-state index is 0.234. The van der Waals surface area contributed by atoms with Crippen LogP contribution in [0.25, 0.3) is 0 Å². The summed E-state index contributed by atoms with van der Waals surface area (Å²) < 4.78 is 0. The molecule has 0 amide bonds. The third kappa shape index (κ3) is 3.25. The second-order valence-electron chi connectivity index (χ2n) is 5.17. The number of anilines is 1. The lowest BCUT2D eigenvalue weighted by Crippen LogP contribution is -2.21. The zero-order valence-electron chi connectivity index (χ0n) is 11.1. The van der Waals surface area contributed by atoms with Crippen LogP contribution in [0.4, 0.5) is 5.69 Å². The smallest absolute Gasteiger partial charge is 0.303 e. The number of hydrogen-bond acceptors (Lipinski definition) is 3. The van der Waals surface area contributed by atoms with Crippen molar-refractivity contribution in [3.8, 4) is 6.07 Å². The molecule has 0 aliphatic carbocycles. The Morgan fingerprint density at radius 2 is 2.37 bits per heavy atom. The van der Waals surface area contributed by atoms with E-state index in [1.165, 1.54) is 0 Å². The Morgan fingerprint density at radius 3 is 3.05 bits per heavy atom. The summed E-state index contributed by atoms with van der Waals surface area (Å²) in [6, 6.07) is 8.07. The van der Waals surface area contributed by atoms with E-state index >= 15 is 0 Å². The molecule has 0 radical (unpaired) electrons. The van der Waals surface area contributed by atoms with Crippen LogP contribution >= 0.6 is 0 Å². The van der Waals surface area contributed by atoms with Gasteiger partial charge >= 0.3 is 5.97 Å². The second-order valence-corrected chi connectivity index (χ2v) is 5.17. The van der Waals surface area contributed by atoms with E-state index in [4.69, 9.17) is 10.4 Å². The Balaban J connectivity index is 2.06. The van der Waals surface area contributed by atoms with E-state index in [-0.39, 0.29) is 6.42 Å². The highest BCUT2D eigenvalue weighted by atomic mass is 16.4. The summed E-state index contributed by atoms with van der Waals surface area (Å²) in [5, 5.41) is 17.9. The Morgan fingerprint density at radius 1 is 1.58 bits per heavy atom. The fourth-order valence-electron chi connectivity index (χ4n) is 2.61. The third-order valence-electron chi connectivity index (χ3n) is 3.67. The first kappa shape index (κ1) is 13.4. The van der Waals surface area contributed by atoms with Gasteiger partial charge in [-0.1, -0.05) is 6.07 Å². The Kier molecular flexibility index (Phi) is 4.06. The average molecular weight is 258 g/mol. The van der Waals surface area contributed by atoms with Crippen molar-refractivity contribution in [3.05, 3.63) is 29.3 Å². The zero-order valence-corrected chi connectivity index (χ0v) is 11.1. The van der Waals surface area contributed by atoms with E-state index in [1.807, 2.05) is 25.1 Å². The van der Waals surface area contributed by atoms with Crippen molar-refractivity contribution < 1.29 is 9.90 Å². The molecule has 1 saturated heterocycles. The van der Waals surface area contributed by atoms with Gasteiger partial charge in [0.15, 0.2) is 0 Å². The molecule has 1 unspecified atom stereocenters. The Hall–Kier alpha value is -2.02. The highest BCUT2D eigenvalue weighted by Gasteiger charge is 2.24. The van der Waals surface area contributed by atoms with Gasteiger partial charge in [-0.3, -0.25) is 4.79 Å². The molecular weight excluding hydrogens is 240 g/mol. The van der Waals surface area contributed by atoms with Gasteiger partial charge in [0.2, 0.25) is 0 Å². The standard InChI is InChI=1S/C15H18N2O2/c1-11-2-4-13(9-16)14(8-11)17-7-6-12(10-17)3-5-15(18)19/h2,4,8,12H,3,5-7,10H2,1H3,(H,18,19). The lowest BCUT2D eigenvalue weighted by atomic mass is 10.0. The maximum Gasteiger partial charge on any atom is 0.303 e. The molecule has 4 nitrogen and oxygen atoms in total. The Bertz CT molecular complexity index is 519. The van der Waals surface area contributed by atoms with Crippen molar-refractivity contribution in [3.63, 3.8) is 0 Å². The van der Waals surface area contributed by atoms with Crippen molar-refractivity contribution in [2.24, 2.45) is 5.92 Å². The number of carboxylic acids is 1. The molecule has 0 bridgehead atoms. The van der Waals surface area contributed by atoms with Crippen LogP contribution in [0.15, 0.2) is 18.2 Å². The molecule has 2 rings (SSSR count). The molecule has 1 aromatic carbocycles. The van der Waals surface area contributed by atoms with Crippen LogP contribution < -0.4 is 4.90 Å². The maximum atomic E-state index is 10.6. The zero-order chi connectivity index (χ0) is 13.8. The predicted molar refractivity (Wildman–Crippen MR) is 73.1 cm³/mol. The number of hydrogen-bond donors (Lipinski definition) is 1. The first-order valence-corrected chi connectivity index (χ1v) is 6.57.